The summed E-state index contributed by atoms with van der Waals surface area (Å²) in [5, 5.41) is 17.1. The van der Waals surface area contributed by atoms with Crippen LogP contribution in [0, 0.1) is 0 Å². The second-order valence-corrected chi connectivity index (χ2v) is 10.1. The van der Waals surface area contributed by atoms with E-state index in [-0.39, 0.29) is 11.8 Å². The van der Waals surface area contributed by atoms with Crippen LogP contribution in [0.2, 0.25) is 0 Å². The van der Waals surface area contributed by atoms with Gasteiger partial charge >= 0.3 is 0 Å². The predicted octanol–water partition coefficient (Wildman–Crippen LogP) is 5.82. The van der Waals surface area contributed by atoms with Crippen molar-refractivity contribution in [3.63, 3.8) is 0 Å². The molecule has 1 aliphatic heterocycles. The molecule has 0 bridgehead atoms. The molecule has 7 rings (SSSR count). The Kier molecular flexibility index (Phi) is 4.77. The summed E-state index contributed by atoms with van der Waals surface area (Å²) in [5.41, 5.74) is 6.08. The van der Waals surface area contributed by atoms with Gasteiger partial charge in [0, 0.05) is 27.9 Å². The third-order valence-electron chi connectivity index (χ3n) is 7.50. The average Bonchev–Trinajstić information content (AvgIpc) is 3.20. The molecule has 3 aromatic carbocycles. The summed E-state index contributed by atoms with van der Waals surface area (Å²) >= 11 is 1.42. The number of carbonyl (C=O) groups is 1. The number of nitrogens with zero attached hydrogens (tertiary/aromatic N) is 2. The fraction of sp³-hybridized carbons (Fsp3) is 0.179. The minimum atomic E-state index is -0.540. The molecule has 0 radical (unpaired) electrons. The van der Waals surface area contributed by atoms with Crippen LogP contribution in [0.5, 0.6) is 11.5 Å². The fourth-order valence-corrected chi connectivity index (χ4v) is 6.03. The first-order valence-corrected chi connectivity index (χ1v) is 12.8. The van der Waals surface area contributed by atoms with E-state index in [1.165, 1.54) is 11.5 Å². The van der Waals surface area contributed by atoms with Crippen molar-refractivity contribution in [3.8, 4) is 22.8 Å². The highest BCUT2D eigenvalue weighted by Gasteiger charge is 2.65. The number of carbonyl (C=O) groups excluding carboxylic acids is 1. The van der Waals surface area contributed by atoms with E-state index in [0.717, 1.165) is 56.8 Å². The van der Waals surface area contributed by atoms with Crippen LogP contribution in [-0.2, 0) is 10.2 Å². The number of aromatic nitrogens is 3. The van der Waals surface area contributed by atoms with Crippen molar-refractivity contribution in [2.24, 2.45) is 0 Å². The van der Waals surface area contributed by atoms with Crippen LogP contribution >= 0.6 is 11.5 Å². The lowest BCUT2D eigenvalue weighted by Crippen LogP contribution is -2.21. The van der Waals surface area contributed by atoms with E-state index < -0.39 is 5.41 Å². The number of benzene rings is 3. The first-order chi connectivity index (χ1) is 18.1. The summed E-state index contributed by atoms with van der Waals surface area (Å²) < 4.78 is 15.4. The van der Waals surface area contributed by atoms with Gasteiger partial charge in [-0.05, 0) is 83.7 Å². The van der Waals surface area contributed by atoms with E-state index in [0.29, 0.717) is 11.6 Å². The van der Waals surface area contributed by atoms with Crippen LogP contribution in [0.25, 0.3) is 22.2 Å². The van der Waals surface area contributed by atoms with Crippen LogP contribution in [0.3, 0.4) is 0 Å². The van der Waals surface area contributed by atoms with E-state index in [2.05, 4.69) is 43.4 Å². The maximum Gasteiger partial charge on any atom is 0.235 e. The van der Waals surface area contributed by atoms with Gasteiger partial charge in [-0.1, -0.05) is 6.07 Å². The number of amides is 1. The smallest absolute Gasteiger partial charge is 0.235 e. The van der Waals surface area contributed by atoms with Gasteiger partial charge in [-0.15, -0.1) is 0 Å². The third-order valence-corrected chi connectivity index (χ3v) is 8.06. The fourth-order valence-electron chi connectivity index (χ4n) is 5.50. The van der Waals surface area contributed by atoms with Gasteiger partial charge in [0.05, 0.1) is 36.5 Å². The van der Waals surface area contributed by atoms with Crippen LogP contribution in [-0.4, -0.2) is 34.7 Å². The van der Waals surface area contributed by atoms with Crippen LogP contribution in [0.15, 0.2) is 66.0 Å². The van der Waals surface area contributed by atoms with Crippen molar-refractivity contribution in [1.29, 1.82) is 0 Å². The van der Waals surface area contributed by atoms with Crippen LogP contribution in [0.1, 0.15) is 23.5 Å². The maximum absolute atomic E-state index is 13.0. The second kappa shape index (κ2) is 8.07. The molecule has 2 aromatic heterocycles. The number of hydrogen-bond acceptors (Lipinski definition) is 7. The number of hydrogen-bond donors (Lipinski definition) is 3. The predicted molar refractivity (Wildman–Crippen MR) is 144 cm³/mol. The molecule has 2 aliphatic rings. The molecule has 5 aromatic rings. The second-order valence-electron chi connectivity index (χ2n) is 9.40. The van der Waals surface area contributed by atoms with Crippen LogP contribution < -0.4 is 20.1 Å². The zero-order valence-electron chi connectivity index (χ0n) is 20.2. The largest absolute Gasteiger partial charge is 0.497 e. The van der Waals surface area contributed by atoms with Gasteiger partial charge in [-0.3, -0.25) is 9.89 Å². The molecular formula is C28H23N5O3S. The van der Waals surface area contributed by atoms with Gasteiger partial charge in [-0.2, -0.15) is 9.47 Å². The summed E-state index contributed by atoms with van der Waals surface area (Å²) in [6, 6.07) is 20.0. The molecule has 1 aliphatic carbocycles. The standard InChI is InChI=1S/C28H23N5O3S/c1-35-17-5-7-22-19(13-17)28(27(34)30-22)14-20(28)15-3-6-18-23(11-15)31-32-26(18)29-24-12-16(4-8-25(24)36-2)21-9-10-37-33-21/h3-13,20H,14H2,1-2H3,(H,30,34)(H2,29,31,32)/t20-,28-/m0/s1. The highest BCUT2D eigenvalue weighted by Crippen LogP contribution is 2.65. The number of ether oxygens (including phenoxy) is 2. The Balaban J connectivity index is 1.20. The molecule has 1 amide bonds. The van der Waals surface area contributed by atoms with Gasteiger partial charge in [0.25, 0.3) is 0 Å². The van der Waals surface area contributed by atoms with Crippen molar-refractivity contribution >= 4 is 45.5 Å². The number of H-pyrrole nitrogens is 1. The maximum atomic E-state index is 13.0. The lowest BCUT2D eigenvalue weighted by Gasteiger charge is -2.12. The third kappa shape index (κ3) is 3.31. The van der Waals surface area contributed by atoms with E-state index in [1.807, 2.05) is 47.8 Å². The number of fused-ring (bicyclic) bond motifs is 3. The monoisotopic (exact) mass is 509 g/mol. The van der Waals surface area contributed by atoms with E-state index in [1.54, 1.807) is 14.2 Å². The first-order valence-electron chi connectivity index (χ1n) is 11.9. The molecule has 1 spiro atoms. The zero-order valence-corrected chi connectivity index (χ0v) is 21.0. The summed E-state index contributed by atoms with van der Waals surface area (Å²) in [6.07, 6.45) is 0.768. The van der Waals surface area contributed by atoms with Gasteiger partial charge in [0.15, 0.2) is 5.82 Å². The lowest BCUT2D eigenvalue weighted by atomic mass is 9.91. The molecule has 9 heteroatoms. The van der Waals surface area contributed by atoms with Gasteiger partial charge in [0.2, 0.25) is 5.91 Å². The normalized spacial score (nSPS) is 19.6. The van der Waals surface area contributed by atoms with E-state index >= 15 is 0 Å². The summed E-state index contributed by atoms with van der Waals surface area (Å²) in [5.74, 6) is 2.33. The van der Waals surface area contributed by atoms with Crippen molar-refractivity contribution in [1.82, 2.24) is 14.6 Å². The van der Waals surface area contributed by atoms with Crippen molar-refractivity contribution < 1.29 is 14.3 Å². The number of methoxy groups -OCH3 is 2. The quantitative estimate of drug-likeness (QED) is 0.266. The molecule has 3 heterocycles. The molecule has 1 fully saturated rings. The van der Waals surface area contributed by atoms with Gasteiger partial charge in [0.1, 0.15) is 11.5 Å². The number of rotatable bonds is 6. The summed E-state index contributed by atoms with van der Waals surface area (Å²) in [6.45, 7) is 0. The Morgan fingerprint density at radius 1 is 1.05 bits per heavy atom. The number of aromatic amines is 1. The SMILES string of the molecule is COc1ccc2c(c1)[C@]1(C[C@H]1c1ccc3c(Nc4cc(-c5ccsn5)ccc4OC)n[nH]c3c1)C(=O)N2. The molecule has 8 nitrogen and oxygen atoms in total. The number of anilines is 3. The van der Waals surface area contributed by atoms with Crippen molar-refractivity contribution in [3.05, 3.63) is 77.2 Å². The molecule has 37 heavy (non-hydrogen) atoms. The average molecular weight is 510 g/mol. The summed E-state index contributed by atoms with van der Waals surface area (Å²) in [7, 11) is 3.29. The van der Waals surface area contributed by atoms with E-state index in [4.69, 9.17) is 9.47 Å². The Morgan fingerprint density at radius 3 is 2.78 bits per heavy atom. The molecule has 184 valence electrons. The Bertz CT molecular complexity index is 1680. The zero-order chi connectivity index (χ0) is 25.1. The minimum Gasteiger partial charge on any atom is -0.497 e. The Morgan fingerprint density at radius 2 is 1.97 bits per heavy atom. The first kappa shape index (κ1) is 21.9. The van der Waals surface area contributed by atoms with E-state index in [9.17, 15) is 4.79 Å². The Hall–Kier alpha value is -4.37. The molecule has 1 saturated carbocycles. The van der Waals surface area contributed by atoms with Crippen molar-refractivity contribution in [2.45, 2.75) is 17.8 Å². The summed E-state index contributed by atoms with van der Waals surface area (Å²) in [4.78, 5) is 13.0. The highest BCUT2D eigenvalue weighted by atomic mass is 32.1. The Labute approximate surface area is 216 Å². The molecule has 0 saturated heterocycles. The van der Waals surface area contributed by atoms with Crippen LogP contribution in [0.4, 0.5) is 17.2 Å². The molecule has 0 unspecified atom stereocenters. The van der Waals surface area contributed by atoms with Gasteiger partial charge in [-0.25, -0.2) is 0 Å². The topological polar surface area (TPSA) is 101 Å². The highest BCUT2D eigenvalue weighted by molar-refractivity contribution is 7.03. The van der Waals surface area contributed by atoms with Crippen molar-refractivity contribution in [2.75, 3.05) is 24.9 Å². The molecular weight excluding hydrogens is 486 g/mol. The van der Waals surface area contributed by atoms with Gasteiger partial charge < -0.3 is 20.1 Å². The molecule has 3 N–H and O–H groups in total. The minimum absolute atomic E-state index is 0.0555. The number of nitrogens with one attached hydrogen (secondary N) is 3. The molecule has 2 atom stereocenters. The lowest BCUT2D eigenvalue weighted by molar-refractivity contribution is -0.118.